The molecular weight excluding hydrogens is 268 g/mol. The first kappa shape index (κ1) is 18.3. The summed E-state index contributed by atoms with van der Waals surface area (Å²) in [6.07, 6.45) is 1.02. The standard InChI is InChI=1S/C12H22N2O6/c1-9(15)8-19-6-7-20-12(18)14-5-3-2-4-10(13)11(16)17/h10H,2-8,13H2,1H3,(H,14,18)(H,16,17)/t10-/m0/s1. The number of hydrogen-bond acceptors (Lipinski definition) is 6. The summed E-state index contributed by atoms with van der Waals surface area (Å²) < 4.78 is 9.70. The van der Waals surface area contributed by atoms with Crippen LogP contribution in [-0.2, 0) is 19.1 Å². The maximum absolute atomic E-state index is 11.2. The van der Waals surface area contributed by atoms with Gasteiger partial charge in [-0.3, -0.25) is 9.59 Å². The predicted molar refractivity (Wildman–Crippen MR) is 70.3 cm³/mol. The van der Waals surface area contributed by atoms with E-state index in [1.165, 1.54) is 6.92 Å². The molecule has 0 saturated heterocycles. The van der Waals surface area contributed by atoms with Crippen LogP contribution in [0.3, 0.4) is 0 Å². The number of hydrogen-bond donors (Lipinski definition) is 3. The molecule has 0 aromatic carbocycles. The summed E-state index contributed by atoms with van der Waals surface area (Å²) in [6, 6.07) is -0.861. The molecule has 20 heavy (non-hydrogen) atoms. The topological polar surface area (TPSA) is 128 Å². The number of ketones is 1. The Morgan fingerprint density at radius 3 is 2.55 bits per heavy atom. The SMILES string of the molecule is CC(=O)COCCOC(=O)NCCCC[C@H](N)C(=O)O. The number of ether oxygens (including phenoxy) is 2. The highest BCUT2D eigenvalue weighted by molar-refractivity contribution is 5.76. The van der Waals surface area contributed by atoms with Crippen molar-refractivity contribution in [2.24, 2.45) is 5.73 Å². The average molecular weight is 290 g/mol. The maximum atomic E-state index is 11.2. The highest BCUT2D eigenvalue weighted by Gasteiger charge is 2.10. The lowest BCUT2D eigenvalue weighted by Crippen LogP contribution is -2.30. The zero-order valence-corrected chi connectivity index (χ0v) is 11.6. The van der Waals surface area contributed by atoms with Crippen LogP contribution in [0.2, 0.25) is 0 Å². The van der Waals surface area contributed by atoms with E-state index in [4.69, 9.17) is 20.3 Å². The minimum Gasteiger partial charge on any atom is -0.480 e. The van der Waals surface area contributed by atoms with Crippen LogP contribution in [0.25, 0.3) is 0 Å². The van der Waals surface area contributed by atoms with E-state index in [9.17, 15) is 14.4 Å². The van der Waals surface area contributed by atoms with Crippen molar-refractivity contribution in [2.75, 3.05) is 26.4 Å². The minimum absolute atomic E-state index is 0.00874. The molecule has 0 saturated carbocycles. The third-order valence-electron chi connectivity index (χ3n) is 2.29. The van der Waals surface area contributed by atoms with Gasteiger partial charge in [0.25, 0.3) is 0 Å². The molecule has 8 nitrogen and oxygen atoms in total. The van der Waals surface area contributed by atoms with Gasteiger partial charge in [0.05, 0.1) is 6.61 Å². The van der Waals surface area contributed by atoms with Crippen LogP contribution in [0, 0.1) is 0 Å². The minimum atomic E-state index is -1.03. The fourth-order valence-corrected chi connectivity index (χ4v) is 1.26. The van der Waals surface area contributed by atoms with Gasteiger partial charge in [-0.15, -0.1) is 0 Å². The van der Waals surface area contributed by atoms with Crippen LogP contribution in [0.5, 0.6) is 0 Å². The Morgan fingerprint density at radius 2 is 1.95 bits per heavy atom. The number of alkyl carbamates (subject to hydrolysis) is 1. The Kier molecular flexibility index (Phi) is 10.2. The molecule has 0 aromatic rings. The van der Waals surface area contributed by atoms with Crippen molar-refractivity contribution in [1.82, 2.24) is 5.32 Å². The number of carboxylic acid groups (broad SMARTS) is 1. The van der Waals surface area contributed by atoms with E-state index in [-0.39, 0.29) is 25.6 Å². The van der Waals surface area contributed by atoms with Gasteiger partial charge in [-0.1, -0.05) is 0 Å². The first-order valence-corrected chi connectivity index (χ1v) is 6.39. The maximum Gasteiger partial charge on any atom is 0.407 e. The first-order valence-electron chi connectivity index (χ1n) is 6.39. The normalized spacial score (nSPS) is 11.7. The second-order valence-electron chi connectivity index (χ2n) is 4.26. The van der Waals surface area contributed by atoms with Crippen molar-refractivity contribution in [3.05, 3.63) is 0 Å². The van der Waals surface area contributed by atoms with Gasteiger partial charge in [0.15, 0.2) is 5.78 Å². The summed E-state index contributed by atoms with van der Waals surface area (Å²) >= 11 is 0. The van der Waals surface area contributed by atoms with Crippen molar-refractivity contribution in [3.63, 3.8) is 0 Å². The number of carbonyl (C=O) groups is 3. The Labute approximate surface area is 117 Å². The van der Waals surface area contributed by atoms with Crippen LogP contribution in [-0.4, -0.2) is 55.4 Å². The quantitative estimate of drug-likeness (QED) is 0.453. The Morgan fingerprint density at radius 1 is 1.25 bits per heavy atom. The van der Waals surface area contributed by atoms with Gasteiger partial charge < -0.3 is 25.6 Å². The lowest BCUT2D eigenvalue weighted by atomic mass is 10.1. The van der Waals surface area contributed by atoms with E-state index < -0.39 is 18.1 Å². The van der Waals surface area contributed by atoms with Crippen molar-refractivity contribution in [1.29, 1.82) is 0 Å². The molecule has 0 aliphatic rings. The van der Waals surface area contributed by atoms with E-state index in [0.29, 0.717) is 25.8 Å². The van der Waals surface area contributed by atoms with Crippen molar-refractivity contribution >= 4 is 17.8 Å². The third kappa shape index (κ3) is 11.4. The number of nitrogens with one attached hydrogen (secondary N) is 1. The zero-order chi connectivity index (χ0) is 15.4. The number of Topliss-reactive ketones (excluding diaryl/α,β-unsaturated/α-hetero) is 1. The Balaban J connectivity index is 3.37. The van der Waals surface area contributed by atoms with E-state index >= 15 is 0 Å². The van der Waals surface area contributed by atoms with Gasteiger partial charge in [0.1, 0.15) is 19.3 Å². The van der Waals surface area contributed by atoms with Crippen LogP contribution in [0.4, 0.5) is 4.79 Å². The number of aliphatic carboxylic acids is 1. The molecule has 0 aromatic heterocycles. The van der Waals surface area contributed by atoms with E-state index in [1.807, 2.05) is 0 Å². The summed E-state index contributed by atoms with van der Waals surface area (Å²) in [7, 11) is 0. The molecule has 4 N–H and O–H groups in total. The third-order valence-corrected chi connectivity index (χ3v) is 2.29. The molecule has 0 unspecified atom stereocenters. The number of carboxylic acids is 1. The van der Waals surface area contributed by atoms with Gasteiger partial charge in [-0.25, -0.2) is 4.79 Å². The van der Waals surface area contributed by atoms with Gasteiger partial charge in [0.2, 0.25) is 0 Å². The molecule has 0 rings (SSSR count). The van der Waals surface area contributed by atoms with Crippen LogP contribution >= 0.6 is 0 Å². The van der Waals surface area contributed by atoms with Crippen molar-refractivity contribution in [2.45, 2.75) is 32.2 Å². The second kappa shape index (κ2) is 11.2. The first-order chi connectivity index (χ1) is 9.43. The monoisotopic (exact) mass is 290 g/mol. The molecule has 8 heteroatoms. The van der Waals surface area contributed by atoms with Gasteiger partial charge in [0, 0.05) is 6.54 Å². The van der Waals surface area contributed by atoms with E-state index in [1.54, 1.807) is 0 Å². The number of rotatable bonds is 11. The molecule has 0 bridgehead atoms. The molecule has 1 atom stereocenters. The van der Waals surface area contributed by atoms with Gasteiger partial charge in [-0.05, 0) is 26.2 Å². The number of unbranched alkanes of at least 4 members (excludes halogenated alkanes) is 1. The number of nitrogens with two attached hydrogens (primary N) is 1. The lowest BCUT2D eigenvalue weighted by Gasteiger charge is -2.08. The van der Waals surface area contributed by atoms with Gasteiger partial charge >= 0.3 is 12.1 Å². The summed E-state index contributed by atoms with van der Waals surface area (Å²) in [4.78, 5) is 32.2. The lowest BCUT2D eigenvalue weighted by molar-refractivity contribution is -0.138. The van der Waals surface area contributed by atoms with Crippen LogP contribution < -0.4 is 11.1 Å². The molecule has 0 aliphatic carbocycles. The Bertz CT molecular complexity index is 321. The van der Waals surface area contributed by atoms with E-state index in [2.05, 4.69) is 5.32 Å². The van der Waals surface area contributed by atoms with E-state index in [0.717, 1.165) is 0 Å². The molecule has 1 amide bonds. The summed E-state index contributed by atoms with van der Waals surface area (Å²) in [5.74, 6) is -1.11. The summed E-state index contributed by atoms with van der Waals surface area (Å²) in [5.41, 5.74) is 5.32. The van der Waals surface area contributed by atoms with Crippen molar-refractivity contribution in [3.8, 4) is 0 Å². The Hall–Kier alpha value is -1.67. The highest BCUT2D eigenvalue weighted by atomic mass is 16.6. The number of carbonyl (C=O) groups excluding carboxylic acids is 2. The molecular formula is C12H22N2O6. The molecule has 116 valence electrons. The fraction of sp³-hybridized carbons (Fsp3) is 0.750. The fourth-order valence-electron chi connectivity index (χ4n) is 1.26. The molecule has 0 radical (unpaired) electrons. The average Bonchev–Trinajstić information content (AvgIpc) is 2.37. The van der Waals surface area contributed by atoms with Gasteiger partial charge in [-0.2, -0.15) is 0 Å². The van der Waals surface area contributed by atoms with Crippen LogP contribution in [0.1, 0.15) is 26.2 Å². The highest BCUT2D eigenvalue weighted by Crippen LogP contribution is 1.98. The summed E-state index contributed by atoms with van der Waals surface area (Å²) in [6.45, 7) is 2.04. The summed E-state index contributed by atoms with van der Waals surface area (Å²) in [5, 5.41) is 11.1. The number of amides is 1. The molecule has 0 fully saturated rings. The molecule has 0 spiro atoms. The zero-order valence-electron chi connectivity index (χ0n) is 11.6. The second-order valence-corrected chi connectivity index (χ2v) is 4.26. The van der Waals surface area contributed by atoms with Crippen LogP contribution in [0.15, 0.2) is 0 Å². The molecule has 0 aliphatic heterocycles. The largest absolute Gasteiger partial charge is 0.480 e. The molecule has 0 heterocycles. The smallest absolute Gasteiger partial charge is 0.407 e. The van der Waals surface area contributed by atoms with Crippen molar-refractivity contribution < 1.29 is 29.0 Å². The predicted octanol–water partition coefficient (Wildman–Crippen LogP) is -0.0996.